The first kappa shape index (κ1) is 20.7. The maximum absolute atomic E-state index is 12.8. The molecule has 2 saturated heterocycles. The molecule has 4 rings (SSSR count). The summed E-state index contributed by atoms with van der Waals surface area (Å²) in [4.78, 5) is 28.2. The molecule has 0 radical (unpaired) electrons. The standard InChI is InChI=1S/C23H29N5O2/c1-26-13-15-27(16-14-26)10-4-5-17-30-19-8-11-28(12-9-19)23(29)22-18-24-20-6-2-3-7-21(20)25-22/h2-3,6-7,18-19H,8-17H2,1H3. The topological polar surface area (TPSA) is 61.8 Å². The molecule has 2 fully saturated rings. The molecule has 7 nitrogen and oxygen atoms in total. The van der Waals surface area contributed by atoms with Crippen molar-refractivity contribution in [3.8, 4) is 11.8 Å². The molecule has 3 heterocycles. The number of likely N-dealkylation sites (tertiary alicyclic amines) is 1. The van der Waals surface area contributed by atoms with Gasteiger partial charge in [-0.25, -0.2) is 4.98 Å². The van der Waals surface area contributed by atoms with Crippen LogP contribution in [-0.2, 0) is 4.74 Å². The first-order valence-corrected chi connectivity index (χ1v) is 10.7. The van der Waals surface area contributed by atoms with E-state index in [0.717, 1.165) is 56.6 Å². The molecule has 0 spiro atoms. The number of amides is 1. The number of carbonyl (C=O) groups excluding carboxylic acids is 1. The Labute approximate surface area is 178 Å². The van der Waals surface area contributed by atoms with Crippen molar-refractivity contribution in [3.05, 3.63) is 36.2 Å². The lowest BCUT2D eigenvalue weighted by atomic mass is 10.1. The van der Waals surface area contributed by atoms with E-state index >= 15 is 0 Å². The highest BCUT2D eigenvalue weighted by Gasteiger charge is 2.25. The molecule has 30 heavy (non-hydrogen) atoms. The van der Waals surface area contributed by atoms with Crippen LogP contribution in [0.3, 0.4) is 0 Å². The normalized spacial score (nSPS) is 18.9. The number of nitrogens with zero attached hydrogens (tertiary/aromatic N) is 5. The highest BCUT2D eigenvalue weighted by molar-refractivity contribution is 5.93. The summed E-state index contributed by atoms with van der Waals surface area (Å²) in [6.45, 7) is 7.01. The quantitative estimate of drug-likeness (QED) is 0.716. The number of aromatic nitrogens is 2. The Morgan fingerprint density at radius 1 is 1.07 bits per heavy atom. The molecule has 0 aliphatic carbocycles. The second-order valence-electron chi connectivity index (χ2n) is 7.98. The number of piperidine rings is 1. The summed E-state index contributed by atoms with van der Waals surface area (Å²) in [5.74, 6) is 6.31. The van der Waals surface area contributed by atoms with Crippen LogP contribution in [0.5, 0.6) is 0 Å². The summed E-state index contributed by atoms with van der Waals surface area (Å²) in [5, 5.41) is 0. The van der Waals surface area contributed by atoms with E-state index in [9.17, 15) is 4.79 Å². The van der Waals surface area contributed by atoms with Crippen molar-refractivity contribution < 1.29 is 9.53 Å². The highest BCUT2D eigenvalue weighted by Crippen LogP contribution is 2.16. The fourth-order valence-electron chi connectivity index (χ4n) is 3.83. The monoisotopic (exact) mass is 407 g/mol. The Morgan fingerprint density at radius 3 is 2.57 bits per heavy atom. The van der Waals surface area contributed by atoms with Gasteiger partial charge in [0.15, 0.2) is 0 Å². The van der Waals surface area contributed by atoms with Gasteiger partial charge in [0.1, 0.15) is 12.3 Å². The number of carbonyl (C=O) groups is 1. The van der Waals surface area contributed by atoms with Gasteiger partial charge in [0.05, 0.1) is 29.9 Å². The summed E-state index contributed by atoms with van der Waals surface area (Å²) in [6.07, 6.45) is 3.39. The number of benzene rings is 1. The van der Waals surface area contributed by atoms with Crippen molar-refractivity contribution >= 4 is 16.9 Å². The molecule has 1 aromatic heterocycles. The number of para-hydroxylation sites is 2. The molecule has 0 atom stereocenters. The summed E-state index contributed by atoms with van der Waals surface area (Å²) in [7, 11) is 2.16. The number of likely N-dealkylation sites (N-methyl/N-ethyl adjacent to an activating group) is 1. The largest absolute Gasteiger partial charge is 0.365 e. The van der Waals surface area contributed by atoms with E-state index in [4.69, 9.17) is 4.74 Å². The first-order valence-electron chi connectivity index (χ1n) is 10.7. The van der Waals surface area contributed by atoms with Crippen LogP contribution in [-0.4, -0.2) is 96.1 Å². The Balaban J connectivity index is 1.19. The van der Waals surface area contributed by atoms with Gasteiger partial charge in [-0.1, -0.05) is 24.0 Å². The average molecular weight is 408 g/mol. The van der Waals surface area contributed by atoms with Gasteiger partial charge in [-0.2, -0.15) is 0 Å². The third-order valence-electron chi connectivity index (χ3n) is 5.81. The Morgan fingerprint density at radius 2 is 1.80 bits per heavy atom. The zero-order chi connectivity index (χ0) is 20.8. The van der Waals surface area contributed by atoms with Crippen LogP contribution in [0.4, 0.5) is 0 Å². The minimum Gasteiger partial charge on any atom is -0.365 e. The van der Waals surface area contributed by atoms with Crippen LogP contribution in [0.25, 0.3) is 11.0 Å². The van der Waals surface area contributed by atoms with Crippen LogP contribution in [0, 0.1) is 11.8 Å². The SMILES string of the molecule is CN1CCN(CC#CCOC2CCN(C(=O)c3cnc4ccccc4n3)CC2)CC1. The van der Waals surface area contributed by atoms with Crippen molar-refractivity contribution in [1.82, 2.24) is 24.7 Å². The lowest BCUT2D eigenvalue weighted by Crippen LogP contribution is -2.44. The van der Waals surface area contributed by atoms with Gasteiger partial charge in [-0.15, -0.1) is 0 Å². The maximum atomic E-state index is 12.8. The molecule has 0 unspecified atom stereocenters. The molecule has 7 heteroatoms. The van der Waals surface area contributed by atoms with Crippen molar-refractivity contribution in [3.63, 3.8) is 0 Å². The van der Waals surface area contributed by atoms with E-state index in [1.54, 1.807) is 6.20 Å². The zero-order valence-electron chi connectivity index (χ0n) is 17.6. The van der Waals surface area contributed by atoms with Crippen LogP contribution >= 0.6 is 0 Å². The third kappa shape index (κ3) is 5.33. The van der Waals surface area contributed by atoms with Gasteiger partial charge >= 0.3 is 0 Å². The third-order valence-corrected chi connectivity index (χ3v) is 5.81. The smallest absolute Gasteiger partial charge is 0.274 e. The number of hydrogen-bond acceptors (Lipinski definition) is 6. The van der Waals surface area contributed by atoms with Gasteiger partial charge in [0, 0.05) is 39.3 Å². The number of fused-ring (bicyclic) bond motifs is 1. The first-order chi connectivity index (χ1) is 14.7. The number of ether oxygens (including phenoxy) is 1. The molecule has 1 amide bonds. The van der Waals surface area contributed by atoms with E-state index in [1.165, 1.54) is 0 Å². The minimum absolute atomic E-state index is 0.0568. The molecule has 158 valence electrons. The molecular weight excluding hydrogens is 378 g/mol. The average Bonchev–Trinajstić information content (AvgIpc) is 2.80. The van der Waals surface area contributed by atoms with Gasteiger partial charge in [-0.3, -0.25) is 14.7 Å². The second-order valence-corrected chi connectivity index (χ2v) is 7.98. The van der Waals surface area contributed by atoms with Crippen LogP contribution in [0.15, 0.2) is 30.5 Å². The Bertz CT molecular complexity index is 922. The molecule has 2 aliphatic heterocycles. The highest BCUT2D eigenvalue weighted by atomic mass is 16.5. The van der Waals surface area contributed by atoms with E-state index < -0.39 is 0 Å². The van der Waals surface area contributed by atoms with Gasteiger partial charge < -0.3 is 14.5 Å². The van der Waals surface area contributed by atoms with Gasteiger partial charge in [-0.05, 0) is 32.0 Å². The van der Waals surface area contributed by atoms with Crippen LogP contribution in [0.1, 0.15) is 23.3 Å². The summed E-state index contributed by atoms with van der Waals surface area (Å²) in [6, 6.07) is 7.60. The van der Waals surface area contributed by atoms with Gasteiger partial charge in [0.2, 0.25) is 0 Å². The minimum atomic E-state index is -0.0568. The molecule has 0 bridgehead atoms. The number of hydrogen-bond donors (Lipinski definition) is 0. The molecule has 1 aromatic carbocycles. The Kier molecular flexibility index (Phi) is 6.90. The number of piperazine rings is 1. The van der Waals surface area contributed by atoms with Crippen molar-refractivity contribution in [2.75, 3.05) is 59.5 Å². The number of rotatable bonds is 4. The summed E-state index contributed by atoms with van der Waals surface area (Å²) in [5.41, 5.74) is 1.95. The molecule has 0 saturated carbocycles. The fourth-order valence-corrected chi connectivity index (χ4v) is 3.83. The summed E-state index contributed by atoms with van der Waals surface area (Å²) >= 11 is 0. The maximum Gasteiger partial charge on any atom is 0.274 e. The predicted octanol–water partition coefficient (Wildman–Crippen LogP) is 1.50. The van der Waals surface area contributed by atoms with E-state index in [-0.39, 0.29) is 12.0 Å². The van der Waals surface area contributed by atoms with Crippen LogP contribution in [0.2, 0.25) is 0 Å². The lowest BCUT2D eigenvalue weighted by Gasteiger charge is -2.31. The second kappa shape index (κ2) is 9.98. The lowest BCUT2D eigenvalue weighted by molar-refractivity contribution is 0.0228. The molecular formula is C23H29N5O2. The summed E-state index contributed by atoms with van der Waals surface area (Å²) < 4.78 is 5.91. The van der Waals surface area contributed by atoms with Crippen LogP contribution < -0.4 is 0 Å². The zero-order valence-corrected chi connectivity index (χ0v) is 17.6. The molecule has 0 N–H and O–H groups in total. The van der Waals surface area contributed by atoms with Gasteiger partial charge in [0.25, 0.3) is 5.91 Å². The Hall–Kier alpha value is -2.53. The molecule has 2 aliphatic rings. The molecule has 2 aromatic rings. The van der Waals surface area contributed by atoms with Crippen molar-refractivity contribution in [2.45, 2.75) is 18.9 Å². The van der Waals surface area contributed by atoms with E-state index in [2.05, 4.69) is 38.7 Å². The van der Waals surface area contributed by atoms with E-state index in [1.807, 2.05) is 29.2 Å². The van der Waals surface area contributed by atoms with Crippen molar-refractivity contribution in [1.29, 1.82) is 0 Å². The van der Waals surface area contributed by atoms with E-state index in [0.29, 0.717) is 25.4 Å². The van der Waals surface area contributed by atoms with Crippen molar-refractivity contribution in [2.24, 2.45) is 0 Å². The predicted molar refractivity (Wildman–Crippen MR) is 116 cm³/mol. The fraction of sp³-hybridized carbons (Fsp3) is 0.522.